The number of nitrogens with one attached hydrogen (secondary N) is 1. The summed E-state index contributed by atoms with van der Waals surface area (Å²) in [5.74, 6) is 5.11. The van der Waals surface area contributed by atoms with E-state index in [0.29, 0.717) is 16.8 Å². The Balaban J connectivity index is 2.12. The van der Waals surface area contributed by atoms with Crippen molar-refractivity contribution in [1.29, 1.82) is 0 Å². The average Bonchev–Trinajstić information content (AvgIpc) is 2.93. The standard InChI is InChI=1S/C15H15N3O2/c1-2-18-11-14(10-16-18)17-15(20)13-7-3-5-12(9-13)6-4-8-19/h3,5,7,9-11,19H,2,8H2,1H3,(H,17,20). The van der Waals surface area contributed by atoms with E-state index < -0.39 is 0 Å². The molecule has 0 radical (unpaired) electrons. The van der Waals surface area contributed by atoms with Crippen LogP contribution in [0.4, 0.5) is 5.69 Å². The van der Waals surface area contributed by atoms with E-state index in [2.05, 4.69) is 22.3 Å². The van der Waals surface area contributed by atoms with Gasteiger partial charge in [-0.15, -0.1) is 0 Å². The van der Waals surface area contributed by atoms with Crippen molar-refractivity contribution in [2.45, 2.75) is 13.5 Å². The number of aliphatic hydroxyl groups is 1. The van der Waals surface area contributed by atoms with E-state index >= 15 is 0 Å². The van der Waals surface area contributed by atoms with Crippen LogP contribution in [0.2, 0.25) is 0 Å². The Bertz CT molecular complexity index is 665. The summed E-state index contributed by atoms with van der Waals surface area (Å²) in [4.78, 5) is 12.1. The van der Waals surface area contributed by atoms with Crippen molar-refractivity contribution in [1.82, 2.24) is 9.78 Å². The van der Waals surface area contributed by atoms with E-state index in [9.17, 15) is 4.79 Å². The Morgan fingerprint density at radius 1 is 1.50 bits per heavy atom. The molecule has 0 atom stereocenters. The normalized spacial score (nSPS) is 9.70. The summed E-state index contributed by atoms with van der Waals surface area (Å²) in [5.41, 5.74) is 1.86. The number of aryl methyl sites for hydroxylation is 1. The third-order valence-electron chi connectivity index (χ3n) is 2.65. The van der Waals surface area contributed by atoms with Crippen LogP contribution in [-0.4, -0.2) is 27.4 Å². The zero-order valence-corrected chi connectivity index (χ0v) is 11.1. The van der Waals surface area contributed by atoms with E-state index in [-0.39, 0.29) is 12.5 Å². The second-order valence-corrected chi connectivity index (χ2v) is 4.08. The van der Waals surface area contributed by atoms with Crippen molar-refractivity contribution in [3.8, 4) is 11.8 Å². The van der Waals surface area contributed by atoms with Crippen molar-refractivity contribution in [2.75, 3.05) is 11.9 Å². The number of aromatic nitrogens is 2. The van der Waals surface area contributed by atoms with Crippen LogP contribution >= 0.6 is 0 Å². The molecule has 0 aliphatic rings. The van der Waals surface area contributed by atoms with Crippen molar-refractivity contribution >= 4 is 11.6 Å². The molecule has 1 aromatic heterocycles. The first-order valence-electron chi connectivity index (χ1n) is 6.26. The van der Waals surface area contributed by atoms with E-state index in [1.54, 1.807) is 41.3 Å². The zero-order valence-electron chi connectivity index (χ0n) is 11.1. The van der Waals surface area contributed by atoms with Gasteiger partial charge in [0.15, 0.2) is 0 Å². The van der Waals surface area contributed by atoms with Gasteiger partial charge in [-0.25, -0.2) is 0 Å². The highest BCUT2D eigenvalue weighted by atomic mass is 16.2. The minimum atomic E-state index is -0.215. The topological polar surface area (TPSA) is 67.2 Å². The van der Waals surface area contributed by atoms with Gasteiger partial charge in [0.25, 0.3) is 5.91 Å². The number of nitrogens with zero attached hydrogens (tertiary/aromatic N) is 2. The predicted octanol–water partition coefficient (Wildman–Crippen LogP) is 1.50. The first-order chi connectivity index (χ1) is 9.72. The summed E-state index contributed by atoms with van der Waals surface area (Å²) in [5, 5.41) is 15.5. The molecule has 0 aliphatic carbocycles. The maximum absolute atomic E-state index is 12.1. The van der Waals surface area contributed by atoms with Crippen molar-refractivity contribution < 1.29 is 9.90 Å². The summed E-state index contributed by atoms with van der Waals surface area (Å²) in [6.07, 6.45) is 3.38. The summed E-state index contributed by atoms with van der Waals surface area (Å²) < 4.78 is 1.73. The maximum Gasteiger partial charge on any atom is 0.255 e. The second kappa shape index (κ2) is 6.55. The van der Waals surface area contributed by atoms with E-state index in [4.69, 9.17) is 5.11 Å². The number of benzene rings is 1. The van der Waals surface area contributed by atoms with Crippen LogP contribution in [0, 0.1) is 11.8 Å². The number of carbonyl (C=O) groups is 1. The van der Waals surface area contributed by atoms with Gasteiger partial charge in [-0.3, -0.25) is 9.48 Å². The molecule has 2 N–H and O–H groups in total. The molecule has 2 aromatic rings. The summed E-state index contributed by atoms with van der Waals surface area (Å²) in [6.45, 7) is 2.52. The smallest absolute Gasteiger partial charge is 0.255 e. The minimum absolute atomic E-state index is 0.202. The Hall–Kier alpha value is -2.58. The van der Waals surface area contributed by atoms with Gasteiger partial charge in [0.2, 0.25) is 0 Å². The fourth-order valence-corrected chi connectivity index (χ4v) is 1.68. The fourth-order valence-electron chi connectivity index (χ4n) is 1.68. The molecule has 102 valence electrons. The van der Waals surface area contributed by atoms with Gasteiger partial charge >= 0.3 is 0 Å². The van der Waals surface area contributed by atoms with Gasteiger partial charge in [-0.2, -0.15) is 5.10 Å². The van der Waals surface area contributed by atoms with Crippen molar-refractivity contribution in [3.05, 3.63) is 47.8 Å². The molecule has 0 bridgehead atoms. The predicted molar refractivity (Wildman–Crippen MR) is 76.3 cm³/mol. The molecule has 5 heteroatoms. The molecule has 1 aromatic carbocycles. The van der Waals surface area contributed by atoms with Crippen LogP contribution in [0.1, 0.15) is 22.8 Å². The molecule has 1 heterocycles. The van der Waals surface area contributed by atoms with Gasteiger partial charge in [-0.1, -0.05) is 17.9 Å². The average molecular weight is 269 g/mol. The van der Waals surface area contributed by atoms with E-state index in [1.165, 1.54) is 0 Å². The highest BCUT2D eigenvalue weighted by Crippen LogP contribution is 2.09. The second-order valence-electron chi connectivity index (χ2n) is 4.08. The lowest BCUT2D eigenvalue weighted by atomic mass is 10.1. The molecule has 0 unspecified atom stereocenters. The fraction of sp³-hybridized carbons (Fsp3) is 0.200. The van der Waals surface area contributed by atoms with Crippen LogP contribution in [0.15, 0.2) is 36.7 Å². The summed E-state index contributed by atoms with van der Waals surface area (Å²) in [6, 6.07) is 6.94. The number of anilines is 1. The molecule has 0 spiro atoms. The highest BCUT2D eigenvalue weighted by Gasteiger charge is 2.07. The molecule has 20 heavy (non-hydrogen) atoms. The number of rotatable bonds is 3. The zero-order chi connectivity index (χ0) is 14.4. The molecule has 0 saturated carbocycles. The first-order valence-corrected chi connectivity index (χ1v) is 6.26. The molecular formula is C15H15N3O2. The van der Waals surface area contributed by atoms with E-state index in [0.717, 1.165) is 6.54 Å². The molecule has 2 rings (SSSR count). The SMILES string of the molecule is CCn1cc(NC(=O)c2cccc(C#CCO)c2)cn1. The minimum Gasteiger partial charge on any atom is -0.384 e. The first kappa shape index (κ1) is 13.8. The Kier molecular flexibility index (Phi) is 4.53. The van der Waals surface area contributed by atoms with Gasteiger partial charge in [0.1, 0.15) is 6.61 Å². The maximum atomic E-state index is 12.1. The van der Waals surface area contributed by atoms with Crippen molar-refractivity contribution in [3.63, 3.8) is 0 Å². The van der Waals surface area contributed by atoms with Crippen LogP contribution in [0.25, 0.3) is 0 Å². The molecule has 5 nitrogen and oxygen atoms in total. The van der Waals surface area contributed by atoms with Gasteiger partial charge in [0.05, 0.1) is 11.9 Å². The quantitative estimate of drug-likeness (QED) is 0.830. The lowest BCUT2D eigenvalue weighted by Gasteiger charge is -2.02. The van der Waals surface area contributed by atoms with E-state index in [1.807, 2.05) is 6.92 Å². The van der Waals surface area contributed by atoms with Gasteiger partial charge in [-0.05, 0) is 25.1 Å². The third-order valence-corrected chi connectivity index (χ3v) is 2.65. The summed E-state index contributed by atoms with van der Waals surface area (Å²) in [7, 11) is 0. The molecule has 0 saturated heterocycles. The van der Waals surface area contributed by atoms with Crippen LogP contribution in [-0.2, 0) is 6.54 Å². The highest BCUT2D eigenvalue weighted by molar-refractivity contribution is 6.04. The van der Waals surface area contributed by atoms with Crippen LogP contribution in [0.3, 0.4) is 0 Å². The Morgan fingerprint density at radius 3 is 3.05 bits per heavy atom. The number of amides is 1. The lowest BCUT2D eigenvalue weighted by molar-refractivity contribution is 0.102. The monoisotopic (exact) mass is 269 g/mol. The lowest BCUT2D eigenvalue weighted by Crippen LogP contribution is -2.11. The molecular weight excluding hydrogens is 254 g/mol. The number of carbonyl (C=O) groups excluding carboxylic acids is 1. The Morgan fingerprint density at radius 2 is 2.35 bits per heavy atom. The van der Waals surface area contributed by atoms with Crippen LogP contribution in [0.5, 0.6) is 0 Å². The molecule has 0 aliphatic heterocycles. The van der Waals surface area contributed by atoms with Gasteiger partial charge in [0, 0.05) is 23.9 Å². The van der Waals surface area contributed by atoms with Crippen molar-refractivity contribution in [2.24, 2.45) is 0 Å². The number of hydrogen-bond donors (Lipinski definition) is 2. The number of aliphatic hydroxyl groups excluding tert-OH is 1. The Labute approximate surface area is 117 Å². The molecule has 0 fully saturated rings. The van der Waals surface area contributed by atoms with Gasteiger partial charge < -0.3 is 10.4 Å². The summed E-state index contributed by atoms with van der Waals surface area (Å²) >= 11 is 0. The molecule has 1 amide bonds. The third kappa shape index (κ3) is 3.46. The van der Waals surface area contributed by atoms with Crippen LogP contribution < -0.4 is 5.32 Å². The largest absolute Gasteiger partial charge is 0.384 e. The number of hydrogen-bond acceptors (Lipinski definition) is 3.